The van der Waals surface area contributed by atoms with Gasteiger partial charge in [-0.1, -0.05) is 56.5 Å². The minimum Gasteiger partial charge on any atom is -0.444 e. The van der Waals surface area contributed by atoms with Crippen LogP contribution in [0, 0.1) is 19.8 Å². The first-order chi connectivity index (χ1) is 16.2. The highest BCUT2D eigenvalue weighted by atomic mass is 16.6. The van der Waals surface area contributed by atoms with E-state index in [-0.39, 0.29) is 23.8 Å². The zero-order chi connectivity index (χ0) is 26.9. The molecule has 198 valence electrons. The average molecular weight is 490 g/mol. The molecule has 0 radical (unpaired) electrons. The van der Waals surface area contributed by atoms with Gasteiger partial charge in [0.25, 0.3) is 0 Å². The van der Waals surface area contributed by atoms with Crippen LogP contribution in [0.5, 0.6) is 0 Å². The first kappa shape index (κ1) is 30.5. The summed E-state index contributed by atoms with van der Waals surface area (Å²) in [6.45, 7) is 19.5. The number of hydrogen-bond acceptors (Lipinski definition) is 4. The standard InChI is InChI=1S/C28H47N3O4/c1-11-13-21(7)29-25(32)24(22-16-19(5)15-20(6)17-22)31(12-2)26(33)23(14-18(3)4)30-27(34)35-28(8,9)10/h15-18,21,23-24H,11-14H2,1-10H3,(H,29,32)(H,30,34). The number of carbonyl (C=O) groups excluding carboxylic acids is 3. The van der Waals surface area contributed by atoms with E-state index in [0.29, 0.717) is 13.0 Å². The lowest BCUT2D eigenvalue weighted by Gasteiger charge is -2.35. The first-order valence-electron chi connectivity index (χ1n) is 12.9. The Morgan fingerprint density at radius 1 is 0.971 bits per heavy atom. The van der Waals surface area contributed by atoms with Crippen LogP contribution in [0.1, 0.15) is 97.4 Å². The number of hydrogen-bond donors (Lipinski definition) is 2. The molecule has 0 aliphatic carbocycles. The SMILES string of the molecule is CCCC(C)NC(=O)C(c1cc(C)cc(C)c1)N(CC)C(=O)C(CC(C)C)NC(=O)OC(C)(C)C. The lowest BCUT2D eigenvalue weighted by Crippen LogP contribution is -2.53. The van der Waals surface area contributed by atoms with Crippen LogP contribution < -0.4 is 10.6 Å². The van der Waals surface area contributed by atoms with Crippen LogP contribution in [0.15, 0.2) is 18.2 Å². The van der Waals surface area contributed by atoms with Crippen LogP contribution in [0.25, 0.3) is 0 Å². The van der Waals surface area contributed by atoms with Gasteiger partial charge in [0.2, 0.25) is 11.8 Å². The molecule has 0 fully saturated rings. The Morgan fingerprint density at radius 2 is 1.54 bits per heavy atom. The Balaban J connectivity index is 3.42. The molecule has 0 saturated carbocycles. The lowest BCUT2D eigenvalue weighted by molar-refractivity contribution is -0.142. The van der Waals surface area contributed by atoms with Gasteiger partial charge in [-0.3, -0.25) is 9.59 Å². The zero-order valence-corrected chi connectivity index (χ0v) is 23.5. The molecule has 7 nitrogen and oxygen atoms in total. The molecular weight excluding hydrogens is 442 g/mol. The Bertz CT molecular complexity index is 840. The van der Waals surface area contributed by atoms with Gasteiger partial charge in [0, 0.05) is 12.6 Å². The van der Waals surface area contributed by atoms with Gasteiger partial charge in [-0.25, -0.2) is 4.79 Å². The predicted octanol–water partition coefficient (Wildman–Crippen LogP) is 5.44. The van der Waals surface area contributed by atoms with Gasteiger partial charge in [-0.2, -0.15) is 0 Å². The van der Waals surface area contributed by atoms with E-state index in [2.05, 4.69) is 17.6 Å². The molecule has 1 rings (SSSR count). The second kappa shape index (κ2) is 13.5. The van der Waals surface area contributed by atoms with Gasteiger partial charge in [0.1, 0.15) is 17.7 Å². The minimum atomic E-state index is -0.806. The summed E-state index contributed by atoms with van der Waals surface area (Å²) < 4.78 is 5.42. The van der Waals surface area contributed by atoms with Crippen LogP contribution in [0.4, 0.5) is 4.79 Å². The number of likely N-dealkylation sites (N-methyl/N-ethyl adjacent to an activating group) is 1. The third kappa shape index (κ3) is 10.3. The number of ether oxygens (including phenoxy) is 1. The van der Waals surface area contributed by atoms with Crippen molar-refractivity contribution in [1.29, 1.82) is 0 Å². The Kier molecular flexibility index (Phi) is 11.7. The molecule has 3 amide bonds. The number of nitrogens with one attached hydrogen (secondary N) is 2. The summed E-state index contributed by atoms with van der Waals surface area (Å²) in [5.41, 5.74) is 2.12. The predicted molar refractivity (Wildman–Crippen MR) is 141 cm³/mol. The number of benzene rings is 1. The van der Waals surface area contributed by atoms with E-state index in [4.69, 9.17) is 4.74 Å². The quantitative estimate of drug-likeness (QED) is 0.433. The summed E-state index contributed by atoms with van der Waals surface area (Å²) in [6, 6.07) is 4.33. The second-order valence-electron chi connectivity index (χ2n) is 11.0. The van der Waals surface area contributed by atoms with E-state index in [0.717, 1.165) is 29.5 Å². The number of aryl methyl sites for hydroxylation is 2. The summed E-state index contributed by atoms with van der Waals surface area (Å²) in [5, 5.41) is 5.86. The molecule has 0 aromatic heterocycles. The van der Waals surface area contributed by atoms with Gasteiger partial charge in [-0.15, -0.1) is 0 Å². The molecule has 0 aliphatic rings. The van der Waals surface area contributed by atoms with Crippen molar-refractivity contribution in [3.8, 4) is 0 Å². The summed E-state index contributed by atoms with van der Waals surface area (Å²) >= 11 is 0. The van der Waals surface area contributed by atoms with Gasteiger partial charge in [0.05, 0.1) is 0 Å². The Hall–Kier alpha value is -2.57. The molecule has 0 aliphatic heterocycles. The zero-order valence-electron chi connectivity index (χ0n) is 23.5. The van der Waals surface area contributed by atoms with Crippen molar-refractivity contribution in [3.63, 3.8) is 0 Å². The minimum absolute atomic E-state index is 0.0129. The van der Waals surface area contributed by atoms with Gasteiger partial charge < -0.3 is 20.3 Å². The highest BCUT2D eigenvalue weighted by molar-refractivity contribution is 5.92. The molecule has 3 atom stereocenters. The lowest BCUT2D eigenvalue weighted by atomic mass is 9.96. The molecule has 35 heavy (non-hydrogen) atoms. The fraction of sp³-hybridized carbons (Fsp3) is 0.679. The van der Waals surface area contributed by atoms with E-state index in [1.54, 1.807) is 25.7 Å². The van der Waals surface area contributed by atoms with Gasteiger partial charge in [-0.05, 0) is 72.8 Å². The fourth-order valence-electron chi connectivity index (χ4n) is 4.28. The highest BCUT2D eigenvalue weighted by Gasteiger charge is 2.36. The number of carbonyl (C=O) groups is 3. The van der Waals surface area contributed by atoms with Crippen molar-refractivity contribution in [2.75, 3.05) is 6.54 Å². The van der Waals surface area contributed by atoms with E-state index in [1.165, 1.54) is 0 Å². The third-order valence-corrected chi connectivity index (χ3v) is 5.55. The maximum atomic E-state index is 13.9. The Morgan fingerprint density at radius 3 is 2.00 bits per heavy atom. The number of nitrogens with zero attached hydrogens (tertiary/aromatic N) is 1. The van der Waals surface area contributed by atoms with E-state index in [9.17, 15) is 14.4 Å². The largest absolute Gasteiger partial charge is 0.444 e. The molecule has 0 spiro atoms. The molecule has 2 N–H and O–H groups in total. The van der Waals surface area contributed by atoms with Crippen LogP contribution in [0.3, 0.4) is 0 Å². The topological polar surface area (TPSA) is 87.7 Å². The molecule has 1 aromatic rings. The van der Waals surface area contributed by atoms with Crippen molar-refractivity contribution >= 4 is 17.9 Å². The summed E-state index contributed by atoms with van der Waals surface area (Å²) in [5.74, 6) is -0.364. The normalized spacial score (nSPS) is 14.1. The number of amides is 3. The van der Waals surface area contributed by atoms with Crippen molar-refractivity contribution in [2.24, 2.45) is 5.92 Å². The number of rotatable bonds is 11. The molecule has 7 heteroatoms. The molecule has 1 aromatic carbocycles. The summed E-state index contributed by atoms with van der Waals surface area (Å²) in [7, 11) is 0. The third-order valence-electron chi connectivity index (χ3n) is 5.55. The summed E-state index contributed by atoms with van der Waals surface area (Å²) in [4.78, 5) is 41.6. The Labute approximate surface area is 212 Å². The first-order valence-corrected chi connectivity index (χ1v) is 12.9. The second-order valence-corrected chi connectivity index (χ2v) is 11.0. The maximum absolute atomic E-state index is 13.9. The van der Waals surface area contributed by atoms with Crippen LogP contribution in [-0.2, 0) is 14.3 Å². The van der Waals surface area contributed by atoms with Crippen LogP contribution in [0.2, 0.25) is 0 Å². The van der Waals surface area contributed by atoms with Crippen molar-refractivity contribution in [2.45, 2.75) is 112 Å². The van der Waals surface area contributed by atoms with Crippen LogP contribution >= 0.6 is 0 Å². The maximum Gasteiger partial charge on any atom is 0.408 e. The van der Waals surface area contributed by atoms with E-state index < -0.39 is 23.8 Å². The van der Waals surface area contributed by atoms with Crippen molar-refractivity contribution in [1.82, 2.24) is 15.5 Å². The van der Waals surface area contributed by atoms with Crippen molar-refractivity contribution in [3.05, 3.63) is 34.9 Å². The molecule has 0 heterocycles. The average Bonchev–Trinajstić information content (AvgIpc) is 2.68. The molecule has 3 unspecified atom stereocenters. The van der Waals surface area contributed by atoms with Crippen LogP contribution in [-0.4, -0.2) is 47.0 Å². The monoisotopic (exact) mass is 489 g/mol. The highest BCUT2D eigenvalue weighted by Crippen LogP contribution is 2.26. The van der Waals surface area contributed by atoms with Crippen molar-refractivity contribution < 1.29 is 19.1 Å². The van der Waals surface area contributed by atoms with E-state index in [1.807, 2.05) is 59.7 Å². The molecule has 0 bridgehead atoms. The molecule has 0 saturated heterocycles. The smallest absolute Gasteiger partial charge is 0.408 e. The van der Waals surface area contributed by atoms with Gasteiger partial charge >= 0.3 is 6.09 Å². The number of alkyl carbamates (subject to hydrolysis) is 1. The van der Waals surface area contributed by atoms with Gasteiger partial charge in [0.15, 0.2) is 0 Å². The summed E-state index contributed by atoms with van der Waals surface area (Å²) in [6.07, 6.45) is 1.59. The van der Waals surface area contributed by atoms with E-state index >= 15 is 0 Å². The fourth-order valence-corrected chi connectivity index (χ4v) is 4.28. The molecular formula is C28H47N3O4.